The van der Waals surface area contributed by atoms with Gasteiger partial charge < -0.3 is 30.4 Å². The Kier molecular flexibility index (Phi) is 7.08. The molecule has 19 nitrogen and oxygen atoms in total. The zero-order valence-corrected chi connectivity index (χ0v) is 27.1. The second kappa shape index (κ2) is 10.5. The average molecular weight is 716 g/mol. The minimum atomic E-state index is -4.91. The Morgan fingerprint density at radius 1 is 1.09 bits per heavy atom. The first-order chi connectivity index (χ1) is 21.8. The first-order valence-electron chi connectivity index (χ1n) is 14.0. The van der Waals surface area contributed by atoms with Crippen LogP contribution in [0.3, 0.4) is 0 Å². The SMILES string of the molecule is Cc1nc2c(ncn2[C@@H]2S[C@@H]3CO[P@](=O)(S)O[C@H]4[C@@H](O)[C@H](n5cnc6c(N)ncnc65)[C@H]5CC54COP(=O)(O)O[C@@H]2[C@@H]3O)c(=O)[nH]1. The molecule has 2 aliphatic heterocycles. The van der Waals surface area contributed by atoms with E-state index in [0.29, 0.717) is 23.4 Å². The van der Waals surface area contributed by atoms with E-state index in [9.17, 15) is 29.0 Å². The van der Waals surface area contributed by atoms with Crippen molar-refractivity contribution in [2.24, 2.45) is 11.3 Å². The third-order valence-electron chi connectivity index (χ3n) is 9.06. The van der Waals surface area contributed by atoms with Crippen LogP contribution in [0.2, 0.25) is 0 Å². The van der Waals surface area contributed by atoms with Gasteiger partial charge in [0.25, 0.3) is 5.56 Å². The molecule has 2 saturated carbocycles. The Labute approximate surface area is 267 Å². The fourth-order valence-corrected chi connectivity index (χ4v) is 11.1. The summed E-state index contributed by atoms with van der Waals surface area (Å²) in [7, 11) is -4.91. The minimum absolute atomic E-state index is 0.0179. The number of H-pyrrole nitrogens is 1. The largest absolute Gasteiger partial charge is 0.472 e. The van der Waals surface area contributed by atoms with Crippen molar-refractivity contribution in [3.8, 4) is 0 Å². The summed E-state index contributed by atoms with van der Waals surface area (Å²) < 4.78 is 52.9. The van der Waals surface area contributed by atoms with Crippen LogP contribution in [0.4, 0.5) is 5.82 Å². The highest BCUT2D eigenvalue weighted by atomic mass is 32.7. The van der Waals surface area contributed by atoms with Crippen LogP contribution < -0.4 is 11.3 Å². The van der Waals surface area contributed by atoms with Crippen molar-refractivity contribution in [1.82, 2.24) is 39.0 Å². The average Bonchev–Trinajstić information content (AvgIpc) is 3.26. The number of aromatic nitrogens is 8. The van der Waals surface area contributed by atoms with Crippen molar-refractivity contribution < 1.29 is 42.3 Å². The van der Waals surface area contributed by atoms with Crippen molar-refractivity contribution >= 4 is 66.8 Å². The molecule has 2 unspecified atom stereocenters. The quantitative estimate of drug-likeness (QED) is 0.123. The third-order valence-corrected chi connectivity index (χ3v) is 13.2. The molecular formula is C23H27N9O10P2S2. The Hall–Kier alpha value is -2.42. The van der Waals surface area contributed by atoms with Crippen LogP contribution in [0, 0.1) is 18.3 Å². The molecule has 6 N–H and O–H groups in total. The van der Waals surface area contributed by atoms with Gasteiger partial charge in [-0.1, -0.05) is 12.2 Å². The predicted octanol–water partition coefficient (Wildman–Crippen LogP) is 0.702. The summed E-state index contributed by atoms with van der Waals surface area (Å²) in [6.07, 6.45) is -1.01. The van der Waals surface area contributed by atoms with Gasteiger partial charge in [0.05, 0.1) is 43.3 Å². The van der Waals surface area contributed by atoms with Gasteiger partial charge in [0, 0.05) is 5.41 Å². The second-order valence-corrected chi connectivity index (χ2v) is 17.4. The third kappa shape index (κ3) is 4.79. The van der Waals surface area contributed by atoms with Crippen LogP contribution in [0.25, 0.3) is 22.3 Å². The Balaban J connectivity index is 1.14. The van der Waals surface area contributed by atoms with Gasteiger partial charge in [0.15, 0.2) is 22.6 Å². The van der Waals surface area contributed by atoms with Crippen LogP contribution in [0.5, 0.6) is 0 Å². The fourth-order valence-electron chi connectivity index (χ4n) is 6.90. The number of rotatable bonds is 2. The molecule has 2 aliphatic carbocycles. The number of thiol groups is 1. The number of aliphatic hydroxyl groups excluding tert-OH is 2. The van der Waals surface area contributed by atoms with E-state index in [2.05, 4.69) is 42.2 Å². The molecule has 8 rings (SSSR count). The Bertz CT molecular complexity index is 2050. The number of hydrogen-bond donors (Lipinski definition) is 6. The monoisotopic (exact) mass is 715 g/mol. The molecule has 246 valence electrons. The molecule has 23 heteroatoms. The van der Waals surface area contributed by atoms with Crippen LogP contribution in [-0.2, 0) is 27.2 Å². The van der Waals surface area contributed by atoms with Gasteiger partial charge in [-0.2, -0.15) is 0 Å². The fraction of sp³-hybridized carbons (Fsp3) is 0.565. The molecule has 2 bridgehead atoms. The van der Waals surface area contributed by atoms with E-state index in [4.69, 9.17) is 23.8 Å². The van der Waals surface area contributed by atoms with Crippen molar-refractivity contribution in [2.45, 2.75) is 54.4 Å². The first kappa shape index (κ1) is 30.9. The molecule has 4 fully saturated rings. The van der Waals surface area contributed by atoms with E-state index in [1.165, 1.54) is 23.5 Å². The van der Waals surface area contributed by atoms with Crippen molar-refractivity contribution in [2.75, 3.05) is 18.9 Å². The van der Waals surface area contributed by atoms with Crippen LogP contribution in [0.1, 0.15) is 23.7 Å². The van der Waals surface area contributed by atoms with E-state index in [1.54, 1.807) is 11.5 Å². The molecule has 0 amide bonds. The van der Waals surface area contributed by atoms with Gasteiger partial charge in [-0.15, -0.1) is 11.8 Å². The summed E-state index contributed by atoms with van der Waals surface area (Å²) in [5.74, 6) is 0.0376. The molecule has 11 atom stereocenters. The molecule has 1 spiro atoms. The maximum atomic E-state index is 13.6. The molecule has 0 radical (unpaired) electrons. The molecule has 46 heavy (non-hydrogen) atoms. The summed E-state index contributed by atoms with van der Waals surface area (Å²) in [4.78, 5) is 47.0. The number of nitrogens with one attached hydrogen (secondary N) is 1. The highest BCUT2D eigenvalue weighted by Gasteiger charge is 2.74. The van der Waals surface area contributed by atoms with Gasteiger partial charge in [-0.3, -0.25) is 27.5 Å². The molecular weight excluding hydrogens is 688 g/mol. The maximum Gasteiger partial charge on any atom is 0.472 e. The van der Waals surface area contributed by atoms with E-state index in [1.807, 2.05) is 0 Å². The van der Waals surface area contributed by atoms with Crippen LogP contribution >= 0.6 is 38.6 Å². The molecule has 6 heterocycles. The molecule has 4 aromatic rings. The Morgan fingerprint density at radius 2 is 1.85 bits per heavy atom. The highest BCUT2D eigenvalue weighted by molar-refractivity contribution is 8.44. The lowest BCUT2D eigenvalue weighted by molar-refractivity contribution is -0.0224. The van der Waals surface area contributed by atoms with E-state index in [-0.39, 0.29) is 23.6 Å². The highest BCUT2D eigenvalue weighted by Crippen LogP contribution is 2.73. The van der Waals surface area contributed by atoms with Gasteiger partial charge in [-0.05, 0) is 19.3 Å². The van der Waals surface area contributed by atoms with Gasteiger partial charge in [0.1, 0.15) is 41.4 Å². The summed E-state index contributed by atoms with van der Waals surface area (Å²) in [6.45, 7) is -3.47. The lowest BCUT2D eigenvalue weighted by Crippen LogP contribution is -2.37. The number of nitrogen functional groups attached to an aromatic ring is 1. The van der Waals surface area contributed by atoms with Crippen LogP contribution in [0.15, 0.2) is 23.8 Å². The number of hydrogen-bond acceptors (Lipinski definition) is 16. The van der Waals surface area contributed by atoms with E-state index in [0.717, 1.165) is 11.8 Å². The minimum Gasteiger partial charge on any atom is -0.389 e. The number of thioether (sulfide) groups is 1. The second-order valence-electron chi connectivity index (χ2n) is 11.7. The number of anilines is 1. The smallest absolute Gasteiger partial charge is 0.389 e. The van der Waals surface area contributed by atoms with Crippen molar-refractivity contribution in [3.05, 3.63) is 35.2 Å². The molecule has 0 aromatic carbocycles. The summed E-state index contributed by atoms with van der Waals surface area (Å²) in [5.41, 5.74) is 5.21. The number of fused-ring (bicyclic) bond motifs is 4. The van der Waals surface area contributed by atoms with Crippen LogP contribution in [-0.4, -0.2) is 97.0 Å². The topological polar surface area (TPSA) is 265 Å². The summed E-state index contributed by atoms with van der Waals surface area (Å²) in [6, 6.07) is -0.722. The molecule has 4 aliphatic rings. The summed E-state index contributed by atoms with van der Waals surface area (Å²) in [5, 5.41) is 21.0. The number of aromatic amines is 1. The normalized spacial score (nSPS) is 41.1. The molecule has 4 aromatic heterocycles. The number of nitrogens with two attached hydrogens (primary N) is 1. The zero-order chi connectivity index (χ0) is 32.3. The van der Waals surface area contributed by atoms with Gasteiger partial charge in [0.2, 0.25) is 0 Å². The first-order valence-corrected chi connectivity index (χ1v) is 19.1. The standard InChI is InChI=1S/C23H27N9O10P2S2/c1-8-29-20-12(21(35)30-8)28-7-32(20)22-16-14(33)10(46-22)3-39-44(38,45)42-17-15(34)13(9-2-23(9,17)4-40-43(36,37)41-16)31-6-27-11-18(24)25-5-26-19(11)31/h5-7,9-10,13-17,22,33-34H,2-4H2,1H3,(H,36,37)(H,38,45)(H2,24,25,26)(H,29,30,35)/t9-,10-,13-,14-,15+,16-,17+,22-,23?,44+/m1/s1. The number of phosphoric acid groups is 1. The number of nitrogens with zero attached hydrogens (tertiary/aromatic N) is 7. The number of imidazole rings is 2. The number of aliphatic hydroxyl groups is 2. The lowest BCUT2D eigenvalue weighted by Gasteiger charge is -2.30. The Morgan fingerprint density at radius 3 is 2.65 bits per heavy atom. The van der Waals surface area contributed by atoms with Gasteiger partial charge >= 0.3 is 14.6 Å². The van der Waals surface area contributed by atoms with Crippen molar-refractivity contribution in [3.63, 3.8) is 0 Å². The molecule has 2 saturated heterocycles. The maximum absolute atomic E-state index is 13.6. The predicted molar refractivity (Wildman–Crippen MR) is 163 cm³/mol. The summed E-state index contributed by atoms with van der Waals surface area (Å²) >= 11 is 5.24. The zero-order valence-electron chi connectivity index (χ0n) is 23.6. The van der Waals surface area contributed by atoms with Gasteiger partial charge in [-0.25, -0.2) is 34.0 Å². The van der Waals surface area contributed by atoms with E-state index < -0.39 is 79.2 Å². The van der Waals surface area contributed by atoms with E-state index >= 15 is 0 Å². The van der Waals surface area contributed by atoms with Crippen molar-refractivity contribution in [1.29, 1.82) is 0 Å². The number of phosphoric ester groups is 1. The lowest BCUT2D eigenvalue weighted by atomic mass is 10.0. The number of aryl methyl sites for hydroxylation is 1.